The van der Waals surface area contributed by atoms with Crippen LogP contribution in [0.2, 0.25) is 0 Å². The monoisotopic (exact) mass is 689 g/mol. The maximum absolute atomic E-state index is 13.4. The number of aromatic nitrogens is 5. The van der Waals surface area contributed by atoms with Gasteiger partial charge in [0, 0.05) is 56.2 Å². The molecule has 5 heterocycles. The first-order valence-electron chi connectivity index (χ1n) is 14.9. The quantitative estimate of drug-likeness (QED) is 0.0855. The number of hydrogen-bond donors (Lipinski definition) is 3. The molecule has 0 spiro atoms. The fraction of sp³-hybridized carbons (Fsp3) is 0.556. The van der Waals surface area contributed by atoms with Crippen molar-refractivity contribution in [2.24, 2.45) is 5.16 Å². The van der Waals surface area contributed by atoms with Crippen LogP contribution in [-0.2, 0) is 25.8 Å². The van der Waals surface area contributed by atoms with E-state index < -0.39 is 29.2 Å². The second-order valence-electron chi connectivity index (χ2n) is 11.3. The number of allylic oxidation sites excluding steroid dienone is 1. The third kappa shape index (κ3) is 7.22. The number of carbonyl (C=O) groups excluding carboxylic acids is 2. The van der Waals surface area contributed by atoms with E-state index in [0.29, 0.717) is 28.8 Å². The Balaban J connectivity index is 1.08. The molecule has 2 saturated heterocycles. The predicted molar refractivity (Wildman–Crippen MR) is 173 cm³/mol. The summed E-state index contributed by atoms with van der Waals surface area (Å²) in [7, 11) is 2.13. The zero-order chi connectivity index (χ0) is 32.2. The molecule has 2 amide bonds. The standard InChI is InChI=1S/C27H35N11O5S3/c1-35-9-11-36(12-10-35)7-4-8-37-27(31-33-34-37)46-14-16-13-44-24-20(23(40)38(24)21(16)25(41)42)30-22(39)19(18-15-45-26(28)29-18)32-43-17-5-2-3-6-17/h2,5,15,17,20,24H,3-4,6-14H2,1H3,(H2,28,29)(H,30,39)(H,41,42)/t17?,20?,24-/m0/s1. The molecule has 0 bridgehead atoms. The third-order valence-corrected chi connectivity index (χ3v) is 11.1. The van der Waals surface area contributed by atoms with Gasteiger partial charge in [-0.15, -0.1) is 28.2 Å². The van der Waals surface area contributed by atoms with E-state index in [0.717, 1.165) is 63.3 Å². The first kappa shape index (κ1) is 32.4. The number of rotatable bonds is 13. The van der Waals surface area contributed by atoms with Gasteiger partial charge >= 0.3 is 5.97 Å². The van der Waals surface area contributed by atoms with E-state index >= 15 is 0 Å². The van der Waals surface area contributed by atoms with E-state index in [1.165, 1.54) is 28.4 Å². The Labute approximate surface area is 277 Å². The number of nitrogens with two attached hydrogens (primary N) is 1. The molecular formula is C27H35N11O5S3. The number of carboxylic acids is 1. The van der Waals surface area contributed by atoms with E-state index in [1.807, 2.05) is 12.2 Å². The number of thiazole rings is 1. The van der Waals surface area contributed by atoms with Crippen LogP contribution in [0.25, 0.3) is 0 Å². The lowest BCUT2D eigenvalue weighted by atomic mass is 10.0. The Bertz CT molecular complexity index is 1550. The van der Waals surface area contributed by atoms with Gasteiger partial charge in [0.05, 0.1) is 0 Å². The van der Waals surface area contributed by atoms with Gasteiger partial charge in [0.25, 0.3) is 11.8 Å². The fourth-order valence-electron chi connectivity index (χ4n) is 5.53. The Hall–Kier alpha value is -3.52. The average molecular weight is 690 g/mol. The number of nitrogen functional groups attached to an aromatic ring is 1. The van der Waals surface area contributed by atoms with Gasteiger partial charge in [-0.25, -0.2) is 14.5 Å². The topological polar surface area (TPSA) is 197 Å². The molecule has 2 aromatic heterocycles. The Morgan fingerprint density at radius 1 is 1.26 bits per heavy atom. The summed E-state index contributed by atoms with van der Waals surface area (Å²) in [4.78, 5) is 54.8. The lowest BCUT2D eigenvalue weighted by molar-refractivity contribution is -0.150. The average Bonchev–Trinajstić information content (AvgIpc) is 3.82. The number of carboxylic acid groups (broad SMARTS) is 1. The van der Waals surface area contributed by atoms with Crippen LogP contribution in [0.1, 0.15) is 25.0 Å². The second kappa shape index (κ2) is 14.5. The maximum atomic E-state index is 13.4. The zero-order valence-electron chi connectivity index (χ0n) is 25.1. The van der Waals surface area contributed by atoms with Crippen molar-refractivity contribution < 1.29 is 24.3 Å². The molecule has 3 atom stereocenters. The lowest BCUT2D eigenvalue weighted by Crippen LogP contribution is -2.71. The summed E-state index contributed by atoms with van der Waals surface area (Å²) in [6, 6.07) is -0.943. The number of aliphatic carboxylic acids is 1. The predicted octanol–water partition coefficient (Wildman–Crippen LogP) is 0.320. The molecule has 0 aromatic carbocycles. The summed E-state index contributed by atoms with van der Waals surface area (Å²) in [6.07, 6.45) is 6.06. The molecule has 2 fully saturated rings. The van der Waals surface area contributed by atoms with Crippen LogP contribution >= 0.6 is 34.9 Å². The number of β-lactam (4-membered cyclic amide) rings is 1. The lowest BCUT2D eigenvalue weighted by Gasteiger charge is -2.49. The molecule has 4 aliphatic rings. The number of hydrogen-bond acceptors (Lipinski definition) is 15. The summed E-state index contributed by atoms with van der Waals surface area (Å²) in [5.41, 5.74) is 6.42. The number of amides is 2. The molecule has 3 aliphatic heterocycles. The number of likely N-dealkylation sites (N-methyl/N-ethyl adjacent to an activating group) is 1. The number of tetrazole rings is 1. The van der Waals surface area contributed by atoms with Crippen molar-refractivity contribution >= 4 is 63.5 Å². The van der Waals surface area contributed by atoms with Gasteiger partial charge < -0.3 is 30.8 Å². The van der Waals surface area contributed by atoms with Gasteiger partial charge in [0.1, 0.15) is 28.9 Å². The van der Waals surface area contributed by atoms with Crippen molar-refractivity contribution in [1.29, 1.82) is 0 Å². The van der Waals surface area contributed by atoms with Crippen LogP contribution in [0.15, 0.2) is 39.1 Å². The first-order chi connectivity index (χ1) is 22.3. The minimum atomic E-state index is -1.20. The Morgan fingerprint density at radius 3 is 2.80 bits per heavy atom. The van der Waals surface area contributed by atoms with Gasteiger partial charge in [0.15, 0.2) is 10.8 Å². The first-order valence-corrected chi connectivity index (χ1v) is 17.8. The molecule has 0 radical (unpaired) electrons. The van der Waals surface area contributed by atoms with Gasteiger partial charge in [-0.05, 0) is 48.4 Å². The van der Waals surface area contributed by atoms with Gasteiger partial charge in [-0.1, -0.05) is 23.0 Å². The van der Waals surface area contributed by atoms with Crippen molar-refractivity contribution in [3.8, 4) is 0 Å². The van der Waals surface area contributed by atoms with E-state index in [2.05, 4.69) is 47.8 Å². The smallest absolute Gasteiger partial charge is 0.352 e. The molecular weight excluding hydrogens is 655 g/mol. The number of nitrogens with one attached hydrogen (secondary N) is 1. The molecule has 2 unspecified atom stereocenters. The molecule has 246 valence electrons. The molecule has 4 N–H and O–H groups in total. The van der Waals surface area contributed by atoms with E-state index in [1.54, 1.807) is 10.1 Å². The van der Waals surface area contributed by atoms with Gasteiger partial charge in [-0.2, -0.15) is 0 Å². The summed E-state index contributed by atoms with van der Waals surface area (Å²) in [5, 5.41) is 30.8. The second-order valence-corrected chi connectivity index (χ2v) is 14.2. The van der Waals surface area contributed by atoms with E-state index in [-0.39, 0.29) is 28.3 Å². The summed E-state index contributed by atoms with van der Waals surface area (Å²) < 4.78 is 1.74. The molecule has 1 aliphatic carbocycles. The number of thioether (sulfide) groups is 2. The van der Waals surface area contributed by atoms with E-state index in [4.69, 9.17) is 10.6 Å². The van der Waals surface area contributed by atoms with Crippen LogP contribution in [0, 0.1) is 0 Å². The van der Waals surface area contributed by atoms with Gasteiger partial charge in [-0.3, -0.25) is 14.5 Å². The van der Waals surface area contributed by atoms with Crippen LogP contribution in [0.3, 0.4) is 0 Å². The minimum Gasteiger partial charge on any atom is -0.477 e. The van der Waals surface area contributed by atoms with Crippen molar-refractivity contribution in [3.63, 3.8) is 0 Å². The molecule has 46 heavy (non-hydrogen) atoms. The van der Waals surface area contributed by atoms with Crippen molar-refractivity contribution in [2.75, 3.05) is 57.0 Å². The summed E-state index contributed by atoms with van der Waals surface area (Å²) in [6.45, 7) is 5.80. The number of aryl methyl sites for hydroxylation is 1. The molecule has 16 nitrogen and oxygen atoms in total. The number of nitrogens with zero attached hydrogens (tertiary/aromatic N) is 9. The third-order valence-electron chi connectivity index (χ3n) is 8.08. The largest absolute Gasteiger partial charge is 0.477 e. The highest BCUT2D eigenvalue weighted by Gasteiger charge is 2.54. The molecule has 19 heteroatoms. The van der Waals surface area contributed by atoms with Crippen molar-refractivity contribution in [3.05, 3.63) is 34.5 Å². The SMILES string of the molecule is CN1CCN(CCCn2nnnc2SCC2=C(C(=O)O)N3C(=O)C(NC(=O)C(=NOC4C=CCC4)c4csc(N)n4)[C@@H]3SC2)CC1. The fourth-order valence-corrected chi connectivity index (χ4v) is 8.46. The highest BCUT2D eigenvalue weighted by molar-refractivity contribution is 8.01. The number of anilines is 1. The Morgan fingerprint density at radius 2 is 2.09 bits per heavy atom. The normalized spacial score (nSPS) is 23.8. The number of piperazine rings is 1. The molecule has 0 saturated carbocycles. The van der Waals surface area contributed by atoms with E-state index in [9.17, 15) is 19.5 Å². The minimum absolute atomic E-state index is 0.0710. The number of carbonyl (C=O) groups is 3. The van der Waals surface area contributed by atoms with Crippen molar-refractivity contribution in [1.82, 2.24) is 45.2 Å². The van der Waals surface area contributed by atoms with Crippen molar-refractivity contribution in [2.45, 2.75) is 48.5 Å². The number of oxime groups is 1. The molecule has 2 aromatic rings. The Kier molecular flexibility index (Phi) is 10.2. The highest BCUT2D eigenvalue weighted by Crippen LogP contribution is 2.41. The number of fused-ring (bicyclic) bond motifs is 1. The summed E-state index contributed by atoms with van der Waals surface area (Å²) in [5.74, 6) is -1.72. The molecule has 6 rings (SSSR count). The maximum Gasteiger partial charge on any atom is 0.352 e. The summed E-state index contributed by atoms with van der Waals surface area (Å²) >= 11 is 3.88. The van der Waals surface area contributed by atoms with Crippen LogP contribution in [0.5, 0.6) is 0 Å². The van der Waals surface area contributed by atoms with Gasteiger partial charge in [0.2, 0.25) is 5.16 Å². The highest BCUT2D eigenvalue weighted by atomic mass is 32.2. The van der Waals surface area contributed by atoms with Crippen LogP contribution in [-0.4, -0.2) is 137 Å². The zero-order valence-corrected chi connectivity index (χ0v) is 27.6. The van der Waals surface area contributed by atoms with Crippen LogP contribution < -0.4 is 11.1 Å². The van der Waals surface area contributed by atoms with Crippen LogP contribution in [0.4, 0.5) is 5.13 Å².